The molecular weight excluding hydrogens is 349 g/mol. The van der Waals surface area contributed by atoms with Crippen molar-refractivity contribution in [2.24, 2.45) is 0 Å². The minimum atomic E-state index is -0.917. The zero-order chi connectivity index (χ0) is 17.5. The number of halogens is 2. The molecule has 0 saturated heterocycles. The van der Waals surface area contributed by atoms with Gasteiger partial charge in [0.15, 0.2) is 6.10 Å². The van der Waals surface area contributed by atoms with Crippen LogP contribution in [0.25, 0.3) is 0 Å². The minimum absolute atomic E-state index is 0.212. The fraction of sp³-hybridized carbons (Fsp3) is 0.222. The molecule has 126 valence electrons. The van der Waals surface area contributed by atoms with Crippen LogP contribution in [-0.4, -0.2) is 18.0 Å². The summed E-state index contributed by atoms with van der Waals surface area (Å²) in [5, 5.41) is 3.40. The summed E-state index contributed by atoms with van der Waals surface area (Å²) < 4.78 is 5.15. The highest BCUT2D eigenvalue weighted by Gasteiger charge is 2.18. The molecule has 0 bridgehead atoms. The van der Waals surface area contributed by atoms with Crippen LogP contribution in [0.3, 0.4) is 0 Å². The fourth-order valence-corrected chi connectivity index (χ4v) is 2.48. The molecule has 0 radical (unpaired) electrons. The van der Waals surface area contributed by atoms with Gasteiger partial charge in [0.25, 0.3) is 5.91 Å². The number of ether oxygens (including phenoxy) is 1. The SMILES string of the molecule is C[C@@H](OC(=O)CCc1ccccc1)C(=O)Nc1ccc(Cl)cc1Cl. The minimum Gasteiger partial charge on any atom is -0.453 e. The van der Waals surface area contributed by atoms with Crippen molar-refractivity contribution in [3.8, 4) is 0 Å². The smallest absolute Gasteiger partial charge is 0.306 e. The topological polar surface area (TPSA) is 55.4 Å². The van der Waals surface area contributed by atoms with Crippen molar-refractivity contribution in [3.63, 3.8) is 0 Å². The molecule has 0 aliphatic heterocycles. The molecule has 2 aromatic rings. The molecule has 0 heterocycles. The molecule has 1 N–H and O–H groups in total. The Labute approximate surface area is 150 Å². The van der Waals surface area contributed by atoms with E-state index in [1.54, 1.807) is 12.1 Å². The second kappa shape index (κ2) is 8.71. The molecule has 1 atom stereocenters. The maximum Gasteiger partial charge on any atom is 0.306 e. The van der Waals surface area contributed by atoms with Crippen molar-refractivity contribution >= 4 is 40.8 Å². The van der Waals surface area contributed by atoms with Crippen LogP contribution in [-0.2, 0) is 20.7 Å². The Morgan fingerprint density at radius 2 is 1.83 bits per heavy atom. The third-order valence-electron chi connectivity index (χ3n) is 3.33. The number of anilines is 1. The van der Waals surface area contributed by atoms with Gasteiger partial charge in [-0.2, -0.15) is 0 Å². The molecule has 0 aliphatic carbocycles. The maximum absolute atomic E-state index is 12.1. The van der Waals surface area contributed by atoms with Crippen molar-refractivity contribution in [1.82, 2.24) is 0 Å². The summed E-state index contributed by atoms with van der Waals surface area (Å²) in [6.07, 6.45) is -0.139. The lowest BCUT2D eigenvalue weighted by Crippen LogP contribution is -2.30. The van der Waals surface area contributed by atoms with E-state index in [0.29, 0.717) is 22.2 Å². The van der Waals surface area contributed by atoms with Crippen molar-refractivity contribution in [3.05, 3.63) is 64.1 Å². The highest BCUT2D eigenvalue weighted by atomic mass is 35.5. The summed E-state index contributed by atoms with van der Waals surface area (Å²) in [5.74, 6) is -0.879. The molecule has 4 nitrogen and oxygen atoms in total. The molecule has 0 fully saturated rings. The Hall–Kier alpha value is -2.04. The Balaban J connectivity index is 1.83. The second-order valence-electron chi connectivity index (χ2n) is 5.23. The highest BCUT2D eigenvalue weighted by molar-refractivity contribution is 6.36. The molecular formula is C18H17Cl2NO3. The second-order valence-corrected chi connectivity index (χ2v) is 6.07. The third kappa shape index (κ3) is 5.55. The van der Waals surface area contributed by atoms with Crippen LogP contribution in [0, 0.1) is 0 Å². The lowest BCUT2D eigenvalue weighted by molar-refractivity contribution is -0.153. The summed E-state index contributed by atoms with van der Waals surface area (Å²) in [5.41, 5.74) is 1.46. The van der Waals surface area contributed by atoms with Gasteiger partial charge in [-0.15, -0.1) is 0 Å². The van der Waals surface area contributed by atoms with Crippen molar-refractivity contribution < 1.29 is 14.3 Å². The van der Waals surface area contributed by atoms with Gasteiger partial charge in [0.1, 0.15) is 0 Å². The Morgan fingerprint density at radius 1 is 1.12 bits per heavy atom. The van der Waals surface area contributed by atoms with Crippen LogP contribution in [0.5, 0.6) is 0 Å². The quantitative estimate of drug-likeness (QED) is 0.766. The van der Waals surface area contributed by atoms with Gasteiger partial charge in [0.05, 0.1) is 10.7 Å². The molecule has 0 saturated carbocycles. The Kier molecular flexibility index (Phi) is 6.64. The summed E-state index contributed by atoms with van der Waals surface area (Å²) >= 11 is 11.8. The van der Waals surface area contributed by atoms with Crippen LogP contribution in [0.15, 0.2) is 48.5 Å². The molecule has 0 aliphatic rings. The van der Waals surface area contributed by atoms with Crippen LogP contribution in [0.1, 0.15) is 18.9 Å². The van der Waals surface area contributed by atoms with Gasteiger partial charge < -0.3 is 10.1 Å². The molecule has 1 amide bonds. The predicted octanol–water partition coefficient (Wildman–Crippen LogP) is 4.50. The predicted molar refractivity (Wildman–Crippen MR) is 95.4 cm³/mol. The number of nitrogens with one attached hydrogen (secondary N) is 1. The van der Waals surface area contributed by atoms with Gasteiger partial charge in [-0.05, 0) is 37.1 Å². The first-order chi connectivity index (χ1) is 11.5. The van der Waals surface area contributed by atoms with E-state index in [-0.39, 0.29) is 6.42 Å². The average Bonchev–Trinajstić information content (AvgIpc) is 2.56. The average molecular weight is 366 g/mol. The van der Waals surface area contributed by atoms with Crippen molar-refractivity contribution in [2.75, 3.05) is 5.32 Å². The Morgan fingerprint density at radius 3 is 2.50 bits per heavy atom. The van der Waals surface area contributed by atoms with E-state index in [9.17, 15) is 9.59 Å². The molecule has 0 spiro atoms. The summed E-state index contributed by atoms with van der Waals surface area (Å²) in [6.45, 7) is 1.51. The van der Waals surface area contributed by atoms with Gasteiger partial charge in [0, 0.05) is 11.4 Å². The van der Waals surface area contributed by atoms with Crippen LogP contribution in [0.4, 0.5) is 5.69 Å². The van der Waals surface area contributed by atoms with E-state index >= 15 is 0 Å². The highest BCUT2D eigenvalue weighted by Crippen LogP contribution is 2.25. The van der Waals surface area contributed by atoms with Gasteiger partial charge in [-0.25, -0.2) is 0 Å². The lowest BCUT2D eigenvalue weighted by atomic mass is 10.1. The number of esters is 1. The Bertz CT molecular complexity index is 719. The van der Waals surface area contributed by atoms with E-state index in [4.69, 9.17) is 27.9 Å². The van der Waals surface area contributed by atoms with Crippen LogP contribution < -0.4 is 5.32 Å². The van der Waals surface area contributed by atoms with Gasteiger partial charge in [-0.3, -0.25) is 9.59 Å². The first-order valence-electron chi connectivity index (χ1n) is 7.45. The summed E-state index contributed by atoms with van der Waals surface area (Å²) in [4.78, 5) is 23.9. The normalized spacial score (nSPS) is 11.6. The first-order valence-corrected chi connectivity index (χ1v) is 8.20. The molecule has 2 rings (SSSR count). The number of aryl methyl sites for hydroxylation is 1. The zero-order valence-electron chi connectivity index (χ0n) is 13.1. The maximum atomic E-state index is 12.1. The van der Waals surface area contributed by atoms with E-state index in [2.05, 4.69) is 5.32 Å². The van der Waals surface area contributed by atoms with E-state index in [1.807, 2.05) is 30.3 Å². The van der Waals surface area contributed by atoms with Crippen LogP contribution >= 0.6 is 23.2 Å². The number of benzene rings is 2. The zero-order valence-corrected chi connectivity index (χ0v) is 14.6. The number of carbonyl (C=O) groups excluding carboxylic acids is 2. The molecule has 6 heteroatoms. The molecule has 2 aromatic carbocycles. The number of amides is 1. The number of hydrogen-bond acceptors (Lipinski definition) is 3. The van der Waals surface area contributed by atoms with Crippen molar-refractivity contribution in [2.45, 2.75) is 25.9 Å². The van der Waals surface area contributed by atoms with E-state index in [1.165, 1.54) is 13.0 Å². The van der Waals surface area contributed by atoms with Gasteiger partial charge in [-0.1, -0.05) is 53.5 Å². The summed E-state index contributed by atoms with van der Waals surface area (Å²) in [6, 6.07) is 14.3. The monoisotopic (exact) mass is 365 g/mol. The fourth-order valence-electron chi connectivity index (χ4n) is 2.03. The van der Waals surface area contributed by atoms with Crippen molar-refractivity contribution in [1.29, 1.82) is 0 Å². The molecule has 24 heavy (non-hydrogen) atoms. The van der Waals surface area contributed by atoms with E-state index in [0.717, 1.165) is 5.56 Å². The lowest BCUT2D eigenvalue weighted by Gasteiger charge is -2.14. The number of rotatable bonds is 6. The van der Waals surface area contributed by atoms with Gasteiger partial charge >= 0.3 is 5.97 Å². The van der Waals surface area contributed by atoms with Crippen LogP contribution in [0.2, 0.25) is 10.0 Å². The molecule has 0 aromatic heterocycles. The standard InChI is InChI=1S/C18H17Cl2NO3/c1-12(18(23)21-16-9-8-14(19)11-15(16)20)24-17(22)10-7-13-5-3-2-4-6-13/h2-6,8-9,11-12H,7,10H2,1H3,(H,21,23)/t12-/m1/s1. The number of carbonyl (C=O) groups is 2. The number of hydrogen-bond donors (Lipinski definition) is 1. The first kappa shape index (κ1) is 18.3. The van der Waals surface area contributed by atoms with E-state index < -0.39 is 18.0 Å². The summed E-state index contributed by atoms with van der Waals surface area (Å²) in [7, 11) is 0. The molecule has 0 unspecified atom stereocenters. The largest absolute Gasteiger partial charge is 0.453 e. The van der Waals surface area contributed by atoms with Gasteiger partial charge in [0.2, 0.25) is 0 Å². The third-order valence-corrected chi connectivity index (χ3v) is 3.87.